The van der Waals surface area contributed by atoms with E-state index in [1.54, 1.807) is 19.9 Å². The summed E-state index contributed by atoms with van der Waals surface area (Å²) in [5.74, 6) is -0.307. The number of nitrogens with two attached hydrogens (primary N) is 1. The summed E-state index contributed by atoms with van der Waals surface area (Å²) in [6, 6.07) is 2.26. The van der Waals surface area contributed by atoms with E-state index in [-0.39, 0.29) is 16.3 Å². The highest BCUT2D eigenvalue weighted by Gasteiger charge is 2.39. The smallest absolute Gasteiger partial charge is 0.313 e. The maximum Gasteiger partial charge on any atom is 0.313 e. The lowest BCUT2D eigenvalue weighted by Gasteiger charge is -2.30. The van der Waals surface area contributed by atoms with Gasteiger partial charge in [-0.05, 0) is 26.0 Å². The fourth-order valence-corrected chi connectivity index (χ4v) is 1.96. The lowest BCUT2D eigenvalue weighted by Crippen LogP contribution is -2.37. The van der Waals surface area contributed by atoms with Gasteiger partial charge < -0.3 is 20.3 Å². The summed E-state index contributed by atoms with van der Waals surface area (Å²) in [7, 11) is 2.73. The molecule has 0 aromatic heterocycles. The molecule has 0 saturated carbocycles. The molecule has 0 bridgehead atoms. The average Bonchev–Trinajstić information content (AvgIpc) is 2.39. The molecule has 0 fully saturated rings. The van der Waals surface area contributed by atoms with E-state index in [0.29, 0.717) is 5.75 Å². The van der Waals surface area contributed by atoms with Crippen molar-refractivity contribution in [2.75, 3.05) is 14.2 Å². The number of hydrogen-bond acceptors (Lipinski definition) is 5. The highest BCUT2D eigenvalue weighted by atomic mass is 35.5. The number of esters is 1. The number of methoxy groups -OCH3 is 2. The van der Waals surface area contributed by atoms with Crippen molar-refractivity contribution >= 4 is 17.6 Å². The van der Waals surface area contributed by atoms with Crippen LogP contribution in [0.15, 0.2) is 12.1 Å². The number of phenolic OH excluding ortho intramolecular Hbond substituents is 1. The van der Waals surface area contributed by atoms with E-state index in [1.165, 1.54) is 20.3 Å². The maximum absolute atomic E-state index is 11.8. The van der Waals surface area contributed by atoms with Crippen molar-refractivity contribution in [3.63, 3.8) is 0 Å². The average molecular weight is 288 g/mol. The van der Waals surface area contributed by atoms with Gasteiger partial charge in [0, 0.05) is 0 Å². The highest BCUT2D eigenvalue weighted by molar-refractivity contribution is 6.32. The van der Waals surface area contributed by atoms with Gasteiger partial charge in [0.2, 0.25) is 0 Å². The van der Waals surface area contributed by atoms with E-state index in [4.69, 9.17) is 26.8 Å². The Balaban J connectivity index is 3.37. The Kier molecular flexibility index (Phi) is 4.66. The van der Waals surface area contributed by atoms with Crippen LogP contribution in [0.4, 0.5) is 0 Å². The summed E-state index contributed by atoms with van der Waals surface area (Å²) in [6.45, 7) is 3.26. The van der Waals surface area contributed by atoms with Crippen LogP contribution >= 0.6 is 11.6 Å². The number of halogens is 1. The normalized spacial score (nSPS) is 12.9. The van der Waals surface area contributed by atoms with Crippen molar-refractivity contribution < 1.29 is 19.4 Å². The lowest BCUT2D eigenvalue weighted by molar-refractivity contribution is -0.152. The Morgan fingerprint density at radius 1 is 1.42 bits per heavy atom. The topological polar surface area (TPSA) is 81.8 Å². The van der Waals surface area contributed by atoms with Crippen LogP contribution in [0.1, 0.15) is 25.5 Å². The molecule has 5 nitrogen and oxygen atoms in total. The molecule has 0 aliphatic rings. The summed E-state index contributed by atoms with van der Waals surface area (Å²) < 4.78 is 9.89. The molecule has 0 saturated heterocycles. The molecule has 6 heteroatoms. The van der Waals surface area contributed by atoms with Crippen LogP contribution in [-0.4, -0.2) is 25.3 Å². The fourth-order valence-electron chi connectivity index (χ4n) is 1.79. The van der Waals surface area contributed by atoms with Crippen LogP contribution in [0.5, 0.6) is 11.5 Å². The second kappa shape index (κ2) is 5.67. The number of carbonyl (C=O) groups excluding carboxylic acids is 1. The predicted molar refractivity (Wildman–Crippen MR) is 72.4 cm³/mol. The number of carbonyl (C=O) groups is 1. The van der Waals surface area contributed by atoms with Crippen LogP contribution < -0.4 is 10.5 Å². The van der Waals surface area contributed by atoms with Gasteiger partial charge in [0.1, 0.15) is 11.5 Å². The van der Waals surface area contributed by atoms with Gasteiger partial charge in [-0.15, -0.1) is 0 Å². The Morgan fingerprint density at radius 2 is 2.00 bits per heavy atom. The second-order valence-electron chi connectivity index (χ2n) is 4.70. The second-order valence-corrected chi connectivity index (χ2v) is 5.11. The quantitative estimate of drug-likeness (QED) is 0.830. The molecule has 0 heterocycles. The van der Waals surface area contributed by atoms with Gasteiger partial charge in [-0.2, -0.15) is 0 Å². The molecule has 0 radical (unpaired) electrons. The van der Waals surface area contributed by atoms with Crippen LogP contribution in [0.25, 0.3) is 0 Å². The van der Waals surface area contributed by atoms with Gasteiger partial charge in [0.05, 0.1) is 36.3 Å². The van der Waals surface area contributed by atoms with Gasteiger partial charge in [-0.1, -0.05) is 11.6 Å². The third kappa shape index (κ3) is 2.77. The first-order valence-electron chi connectivity index (χ1n) is 5.66. The fraction of sp³-hybridized carbons (Fsp3) is 0.462. The first-order valence-corrected chi connectivity index (χ1v) is 6.04. The van der Waals surface area contributed by atoms with Crippen molar-refractivity contribution in [2.45, 2.75) is 19.9 Å². The van der Waals surface area contributed by atoms with Crippen molar-refractivity contribution in [3.05, 3.63) is 22.7 Å². The third-order valence-electron chi connectivity index (χ3n) is 3.15. The number of aromatic hydroxyl groups is 1. The number of phenols is 1. The summed E-state index contributed by atoms with van der Waals surface area (Å²) in [5, 5.41) is 10.2. The minimum atomic E-state index is -1.04. The molecule has 1 rings (SSSR count). The van der Waals surface area contributed by atoms with Gasteiger partial charge in [0.15, 0.2) is 0 Å². The van der Waals surface area contributed by atoms with Crippen LogP contribution in [-0.2, 0) is 9.53 Å². The largest absolute Gasteiger partial charge is 0.506 e. The van der Waals surface area contributed by atoms with Crippen LogP contribution in [0, 0.1) is 5.41 Å². The number of ether oxygens (including phenoxy) is 2. The highest BCUT2D eigenvalue weighted by Crippen LogP contribution is 2.44. The van der Waals surface area contributed by atoms with E-state index in [0.717, 1.165) is 0 Å². The molecule has 19 heavy (non-hydrogen) atoms. The minimum absolute atomic E-state index is 0.145. The standard InChI is InChI=1S/C13H18ClNO4/c1-13(2,12(17)19-4)11(15)9-8(18-3)6-5-7(14)10(9)16/h5-6,11,16H,15H2,1-4H3/t11-/m0/s1. The minimum Gasteiger partial charge on any atom is -0.506 e. The van der Waals surface area contributed by atoms with Crippen molar-refractivity contribution in [2.24, 2.45) is 11.1 Å². The van der Waals surface area contributed by atoms with Crippen LogP contribution in [0.2, 0.25) is 5.02 Å². The van der Waals surface area contributed by atoms with Gasteiger partial charge in [0.25, 0.3) is 0 Å². The molecule has 0 aliphatic heterocycles. The van der Waals surface area contributed by atoms with Gasteiger partial charge in [-0.25, -0.2) is 0 Å². The molecule has 0 spiro atoms. The third-order valence-corrected chi connectivity index (χ3v) is 3.45. The maximum atomic E-state index is 11.8. The first-order chi connectivity index (χ1) is 8.77. The van der Waals surface area contributed by atoms with Gasteiger partial charge in [-0.3, -0.25) is 4.79 Å². The Hall–Kier alpha value is -1.46. The van der Waals surface area contributed by atoms with E-state index in [9.17, 15) is 9.90 Å². The van der Waals surface area contributed by atoms with Crippen molar-refractivity contribution in [3.8, 4) is 11.5 Å². The zero-order chi connectivity index (χ0) is 14.8. The summed E-state index contributed by atoms with van der Waals surface area (Å²) in [4.78, 5) is 11.8. The van der Waals surface area contributed by atoms with Crippen molar-refractivity contribution in [1.29, 1.82) is 0 Å². The number of benzene rings is 1. The Labute approximate surface area is 117 Å². The first kappa shape index (κ1) is 15.6. The molecule has 1 atom stereocenters. The molecular formula is C13H18ClNO4. The molecule has 0 amide bonds. The number of hydrogen-bond donors (Lipinski definition) is 2. The zero-order valence-corrected chi connectivity index (χ0v) is 12.1. The molecule has 1 aromatic rings. The predicted octanol–water partition coefficient (Wildman–Crippen LogP) is 2.25. The molecule has 3 N–H and O–H groups in total. The Bertz CT molecular complexity index is 488. The lowest BCUT2D eigenvalue weighted by atomic mass is 9.80. The molecule has 106 valence electrons. The Morgan fingerprint density at radius 3 is 2.47 bits per heavy atom. The number of rotatable bonds is 4. The molecule has 0 aliphatic carbocycles. The van der Waals surface area contributed by atoms with Crippen molar-refractivity contribution in [1.82, 2.24) is 0 Å². The summed E-state index contributed by atoms with van der Waals surface area (Å²) in [6.07, 6.45) is 0. The van der Waals surface area contributed by atoms with E-state index < -0.39 is 17.4 Å². The monoisotopic (exact) mass is 287 g/mol. The molecule has 1 aromatic carbocycles. The zero-order valence-electron chi connectivity index (χ0n) is 11.4. The van der Waals surface area contributed by atoms with Gasteiger partial charge >= 0.3 is 5.97 Å². The summed E-state index contributed by atoms with van der Waals surface area (Å²) >= 11 is 5.87. The molecule has 0 unspecified atom stereocenters. The summed E-state index contributed by atoms with van der Waals surface area (Å²) in [5.41, 5.74) is 5.34. The van der Waals surface area contributed by atoms with E-state index >= 15 is 0 Å². The molecular weight excluding hydrogens is 270 g/mol. The van der Waals surface area contributed by atoms with E-state index in [2.05, 4.69) is 0 Å². The van der Waals surface area contributed by atoms with Crippen LogP contribution in [0.3, 0.4) is 0 Å². The SMILES string of the molecule is COC(=O)C(C)(C)[C@@H](N)c1c(OC)ccc(Cl)c1O. The van der Waals surface area contributed by atoms with E-state index in [1.807, 2.05) is 0 Å².